The van der Waals surface area contributed by atoms with Gasteiger partial charge in [-0.15, -0.1) is 10.2 Å². The molecule has 0 saturated heterocycles. The van der Waals surface area contributed by atoms with Gasteiger partial charge in [0.2, 0.25) is 5.69 Å². The second-order valence-corrected chi connectivity index (χ2v) is 2.47. The van der Waals surface area contributed by atoms with Gasteiger partial charge in [-0.3, -0.25) is 0 Å². The summed E-state index contributed by atoms with van der Waals surface area (Å²) in [4.78, 5) is 12.5. The van der Waals surface area contributed by atoms with Gasteiger partial charge in [0, 0.05) is 13.1 Å². The van der Waals surface area contributed by atoms with Gasteiger partial charge in [0.05, 0.1) is 0 Å². The summed E-state index contributed by atoms with van der Waals surface area (Å²) in [5, 5.41) is 18.4. The van der Waals surface area contributed by atoms with Crippen LogP contribution in [0.4, 0.5) is 5.82 Å². The number of carbonyl (C=O) groups is 1. The van der Waals surface area contributed by atoms with E-state index >= 15 is 0 Å². The third-order valence-corrected chi connectivity index (χ3v) is 1.80. The number of aromatic amines is 1. The molecule has 0 fully saturated rings. The molecule has 1 aromatic rings. The molecular formula is C7H12N4O2. The summed E-state index contributed by atoms with van der Waals surface area (Å²) in [6, 6.07) is 0. The fourth-order valence-electron chi connectivity index (χ4n) is 1.11. The van der Waals surface area contributed by atoms with Crippen LogP contribution in [0.25, 0.3) is 0 Å². The second kappa shape index (κ2) is 3.88. The molecule has 6 nitrogen and oxygen atoms in total. The summed E-state index contributed by atoms with van der Waals surface area (Å²) in [6.07, 6.45) is 0. The molecular weight excluding hydrogens is 172 g/mol. The van der Waals surface area contributed by atoms with Crippen molar-refractivity contribution in [3.05, 3.63) is 5.69 Å². The zero-order chi connectivity index (χ0) is 9.84. The summed E-state index contributed by atoms with van der Waals surface area (Å²) in [5.41, 5.74) is -0.0244. The predicted molar refractivity (Wildman–Crippen MR) is 46.9 cm³/mol. The average Bonchev–Trinajstić information content (AvgIpc) is 2.55. The molecule has 0 atom stereocenters. The highest BCUT2D eigenvalue weighted by Crippen LogP contribution is 2.13. The highest BCUT2D eigenvalue weighted by atomic mass is 16.4. The van der Waals surface area contributed by atoms with Crippen molar-refractivity contribution in [2.45, 2.75) is 13.8 Å². The zero-order valence-electron chi connectivity index (χ0n) is 7.61. The number of H-pyrrole nitrogens is 1. The van der Waals surface area contributed by atoms with E-state index in [0.29, 0.717) is 18.9 Å². The minimum absolute atomic E-state index is 0.0244. The molecule has 6 heteroatoms. The Kier molecular flexibility index (Phi) is 2.84. The number of carboxylic acid groups (broad SMARTS) is 1. The first-order valence-corrected chi connectivity index (χ1v) is 4.09. The van der Waals surface area contributed by atoms with Crippen molar-refractivity contribution in [1.82, 2.24) is 15.4 Å². The molecule has 13 heavy (non-hydrogen) atoms. The van der Waals surface area contributed by atoms with Crippen LogP contribution in [0.3, 0.4) is 0 Å². The van der Waals surface area contributed by atoms with E-state index in [1.165, 1.54) is 0 Å². The lowest BCUT2D eigenvalue weighted by Crippen LogP contribution is -2.24. The molecule has 0 saturated carbocycles. The van der Waals surface area contributed by atoms with Crippen LogP contribution in [-0.4, -0.2) is 39.6 Å². The maximum Gasteiger partial charge on any atom is 0.360 e. The molecule has 0 aliphatic carbocycles. The topological polar surface area (TPSA) is 82.1 Å². The van der Waals surface area contributed by atoms with Gasteiger partial charge < -0.3 is 10.0 Å². The first-order chi connectivity index (χ1) is 6.20. The van der Waals surface area contributed by atoms with Gasteiger partial charge in [0.1, 0.15) is 0 Å². The molecule has 72 valence electrons. The number of aromatic nitrogens is 3. The predicted octanol–water partition coefficient (Wildman–Crippen LogP) is 0.349. The Morgan fingerprint density at radius 3 is 2.54 bits per heavy atom. The molecule has 0 spiro atoms. The van der Waals surface area contributed by atoms with Crippen molar-refractivity contribution in [2.75, 3.05) is 18.0 Å². The molecule has 0 radical (unpaired) electrons. The molecule has 0 aromatic carbocycles. The number of anilines is 1. The maximum absolute atomic E-state index is 10.7. The Labute approximate surface area is 75.6 Å². The zero-order valence-corrected chi connectivity index (χ0v) is 7.61. The van der Waals surface area contributed by atoms with Crippen molar-refractivity contribution < 1.29 is 9.90 Å². The van der Waals surface area contributed by atoms with E-state index in [-0.39, 0.29) is 5.69 Å². The Balaban J connectivity index is 2.98. The molecule has 0 unspecified atom stereocenters. The third-order valence-electron chi connectivity index (χ3n) is 1.80. The normalized spacial score (nSPS) is 10.0. The van der Waals surface area contributed by atoms with Crippen molar-refractivity contribution in [1.29, 1.82) is 0 Å². The summed E-state index contributed by atoms with van der Waals surface area (Å²) in [5.74, 6) is -0.659. The molecule has 0 aliphatic rings. The van der Waals surface area contributed by atoms with Crippen molar-refractivity contribution >= 4 is 11.8 Å². The number of hydrogen-bond acceptors (Lipinski definition) is 4. The Morgan fingerprint density at radius 2 is 2.08 bits per heavy atom. The van der Waals surface area contributed by atoms with Gasteiger partial charge in [-0.05, 0) is 13.8 Å². The van der Waals surface area contributed by atoms with Gasteiger partial charge in [0.15, 0.2) is 5.82 Å². The van der Waals surface area contributed by atoms with E-state index < -0.39 is 5.97 Å². The van der Waals surface area contributed by atoms with Crippen molar-refractivity contribution in [3.8, 4) is 0 Å². The first-order valence-electron chi connectivity index (χ1n) is 4.09. The van der Waals surface area contributed by atoms with Crippen LogP contribution in [0.1, 0.15) is 24.3 Å². The van der Waals surface area contributed by atoms with Crippen LogP contribution in [-0.2, 0) is 0 Å². The van der Waals surface area contributed by atoms with E-state index in [2.05, 4.69) is 15.4 Å². The number of carboxylic acids is 1. The largest absolute Gasteiger partial charge is 0.476 e. The van der Waals surface area contributed by atoms with Gasteiger partial charge in [-0.2, -0.15) is 5.21 Å². The van der Waals surface area contributed by atoms with Crippen molar-refractivity contribution in [3.63, 3.8) is 0 Å². The smallest absolute Gasteiger partial charge is 0.360 e. The van der Waals surface area contributed by atoms with E-state index in [1.54, 1.807) is 0 Å². The minimum atomic E-state index is -1.06. The highest BCUT2D eigenvalue weighted by molar-refractivity contribution is 5.90. The quantitative estimate of drug-likeness (QED) is 0.705. The van der Waals surface area contributed by atoms with E-state index in [4.69, 9.17) is 5.11 Å². The molecule has 1 rings (SSSR count). The lowest BCUT2D eigenvalue weighted by molar-refractivity contribution is 0.0691. The lowest BCUT2D eigenvalue weighted by atomic mass is 10.4. The van der Waals surface area contributed by atoms with Crippen LogP contribution in [0.15, 0.2) is 0 Å². The van der Waals surface area contributed by atoms with Gasteiger partial charge in [0.25, 0.3) is 0 Å². The van der Waals surface area contributed by atoms with Crippen LogP contribution in [0.5, 0.6) is 0 Å². The SMILES string of the molecule is CCN(CC)c1n[nH]nc1C(=O)O. The summed E-state index contributed by atoms with van der Waals surface area (Å²) < 4.78 is 0. The number of nitrogens with zero attached hydrogens (tertiary/aromatic N) is 3. The molecule has 2 N–H and O–H groups in total. The van der Waals surface area contributed by atoms with Crippen LogP contribution in [0.2, 0.25) is 0 Å². The first kappa shape index (κ1) is 9.50. The van der Waals surface area contributed by atoms with Crippen LogP contribution < -0.4 is 4.90 Å². The summed E-state index contributed by atoms with van der Waals surface area (Å²) >= 11 is 0. The van der Waals surface area contributed by atoms with Crippen LogP contribution in [0, 0.1) is 0 Å². The van der Waals surface area contributed by atoms with E-state index in [1.807, 2.05) is 18.7 Å². The van der Waals surface area contributed by atoms with Gasteiger partial charge >= 0.3 is 5.97 Å². The number of aromatic carboxylic acids is 1. The second-order valence-electron chi connectivity index (χ2n) is 2.47. The molecule has 0 aliphatic heterocycles. The van der Waals surface area contributed by atoms with E-state index in [0.717, 1.165) is 0 Å². The van der Waals surface area contributed by atoms with Gasteiger partial charge in [-0.1, -0.05) is 0 Å². The maximum atomic E-state index is 10.7. The summed E-state index contributed by atoms with van der Waals surface area (Å²) in [6.45, 7) is 5.29. The standard InChI is InChI=1S/C7H12N4O2/c1-3-11(4-2)6-5(7(12)13)8-10-9-6/h3-4H2,1-2H3,(H,12,13)(H,8,9,10). The Hall–Kier alpha value is -1.59. The van der Waals surface area contributed by atoms with Crippen molar-refractivity contribution in [2.24, 2.45) is 0 Å². The number of nitrogens with one attached hydrogen (secondary N) is 1. The number of hydrogen-bond donors (Lipinski definition) is 2. The monoisotopic (exact) mass is 184 g/mol. The Bertz CT molecular complexity index is 292. The average molecular weight is 184 g/mol. The van der Waals surface area contributed by atoms with E-state index in [9.17, 15) is 4.79 Å². The fourth-order valence-corrected chi connectivity index (χ4v) is 1.11. The van der Waals surface area contributed by atoms with Gasteiger partial charge in [-0.25, -0.2) is 4.79 Å². The lowest BCUT2D eigenvalue weighted by Gasteiger charge is -2.17. The fraction of sp³-hybridized carbons (Fsp3) is 0.571. The highest BCUT2D eigenvalue weighted by Gasteiger charge is 2.18. The summed E-state index contributed by atoms with van der Waals surface area (Å²) in [7, 11) is 0. The van der Waals surface area contributed by atoms with Crippen LogP contribution >= 0.6 is 0 Å². The Morgan fingerprint density at radius 1 is 1.46 bits per heavy atom. The molecule has 1 heterocycles. The molecule has 0 amide bonds. The molecule has 1 aromatic heterocycles. The third kappa shape index (κ3) is 1.77. The minimum Gasteiger partial charge on any atom is -0.476 e. The number of rotatable bonds is 4. The molecule has 0 bridgehead atoms.